The molecule has 5 nitrogen and oxygen atoms in total. The van der Waals surface area contributed by atoms with Crippen LogP contribution in [-0.4, -0.2) is 29.7 Å². The molecular formula is C12H7Cl4N3O2. The van der Waals surface area contributed by atoms with Gasteiger partial charge in [0.05, 0.1) is 15.7 Å². The molecule has 1 fully saturated rings. The summed E-state index contributed by atoms with van der Waals surface area (Å²) in [4.78, 5) is 30.0. The predicted octanol–water partition coefficient (Wildman–Crippen LogP) is 4.07. The van der Waals surface area contributed by atoms with Gasteiger partial charge >= 0.3 is 6.03 Å². The molecule has 2 rings (SSSR count). The topological polar surface area (TPSA) is 53.0 Å². The molecule has 1 heterocycles. The molecule has 0 bridgehead atoms. The van der Waals surface area contributed by atoms with E-state index in [0.29, 0.717) is 10.7 Å². The van der Waals surface area contributed by atoms with Crippen molar-refractivity contribution in [3.05, 3.63) is 38.9 Å². The summed E-state index contributed by atoms with van der Waals surface area (Å²) in [5.74, 6) is -0.787. The Morgan fingerprint density at radius 2 is 1.90 bits per heavy atom. The fourth-order valence-corrected chi connectivity index (χ4v) is 2.07. The van der Waals surface area contributed by atoms with E-state index in [-0.39, 0.29) is 16.0 Å². The molecule has 0 N–H and O–H groups in total. The summed E-state index contributed by atoms with van der Waals surface area (Å²) in [5, 5.41) is 0.430. The number of amidine groups is 1. The molecule has 0 unspecified atom stereocenters. The van der Waals surface area contributed by atoms with E-state index in [9.17, 15) is 9.59 Å². The molecule has 0 aliphatic carbocycles. The maximum atomic E-state index is 12.2. The number of halogens is 4. The van der Waals surface area contributed by atoms with Crippen LogP contribution in [0.1, 0.15) is 0 Å². The zero-order chi connectivity index (χ0) is 15.7. The van der Waals surface area contributed by atoms with Crippen molar-refractivity contribution < 1.29 is 9.59 Å². The quantitative estimate of drug-likeness (QED) is 0.585. The summed E-state index contributed by atoms with van der Waals surface area (Å²) >= 11 is 22.9. The summed E-state index contributed by atoms with van der Waals surface area (Å²) < 4.78 is 0. The lowest BCUT2D eigenvalue weighted by Crippen LogP contribution is -2.31. The number of carbonyl (C=O) groups excluding carboxylic acids is 2. The van der Waals surface area contributed by atoms with Gasteiger partial charge in [-0.2, -0.15) is 0 Å². The molecule has 110 valence electrons. The lowest BCUT2D eigenvalue weighted by Gasteiger charge is -2.15. The van der Waals surface area contributed by atoms with Crippen molar-refractivity contribution >= 4 is 69.9 Å². The number of hydrogen-bond donors (Lipinski definition) is 0. The van der Waals surface area contributed by atoms with E-state index in [0.717, 1.165) is 15.3 Å². The smallest absolute Gasteiger partial charge is 0.265 e. The van der Waals surface area contributed by atoms with Gasteiger partial charge in [0, 0.05) is 12.6 Å². The number of nitrogens with zero attached hydrogens (tertiary/aromatic N) is 3. The van der Waals surface area contributed by atoms with Gasteiger partial charge < -0.3 is 0 Å². The number of aliphatic imine (C=N–C) groups is 1. The van der Waals surface area contributed by atoms with Gasteiger partial charge in [-0.1, -0.05) is 46.4 Å². The van der Waals surface area contributed by atoms with Crippen molar-refractivity contribution in [3.63, 3.8) is 0 Å². The Hall–Kier alpha value is -1.27. The zero-order valence-corrected chi connectivity index (χ0v) is 13.5. The molecule has 0 saturated carbocycles. The van der Waals surface area contributed by atoms with Crippen molar-refractivity contribution in [1.29, 1.82) is 0 Å². The van der Waals surface area contributed by atoms with E-state index in [1.165, 1.54) is 25.2 Å². The van der Waals surface area contributed by atoms with Gasteiger partial charge in [0.25, 0.3) is 5.91 Å². The van der Waals surface area contributed by atoms with Gasteiger partial charge in [-0.3, -0.25) is 9.69 Å². The average molecular weight is 367 g/mol. The van der Waals surface area contributed by atoms with E-state index < -0.39 is 11.9 Å². The first-order valence-corrected chi connectivity index (χ1v) is 7.05. The fourth-order valence-electron chi connectivity index (χ4n) is 1.65. The van der Waals surface area contributed by atoms with E-state index in [2.05, 4.69) is 4.99 Å². The minimum atomic E-state index is -0.609. The van der Waals surface area contributed by atoms with Crippen molar-refractivity contribution in [2.24, 2.45) is 4.99 Å². The SMILES string of the molecule is CN1C(=O)/C(=N/C(Cl)=C/Cl)N(c2ccc(Cl)c(Cl)c2)C1=O. The lowest BCUT2D eigenvalue weighted by atomic mass is 10.3. The summed E-state index contributed by atoms with van der Waals surface area (Å²) in [5.41, 5.74) is 1.32. The largest absolute Gasteiger partial charge is 0.337 e. The lowest BCUT2D eigenvalue weighted by molar-refractivity contribution is -0.119. The van der Waals surface area contributed by atoms with E-state index in [1.54, 1.807) is 0 Å². The fraction of sp³-hybridized carbons (Fsp3) is 0.0833. The highest BCUT2D eigenvalue weighted by Crippen LogP contribution is 2.30. The van der Waals surface area contributed by atoms with Crippen molar-refractivity contribution in [2.45, 2.75) is 0 Å². The molecule has 1 aromatic carbocycles. The third kappa shape index (κ3) is 3.01. The molecule has 0 spiro atoms. The number of benzene rings is 1. The minimum Gasteiger partial charge on any atom is -0.265 e. The molecule has 9 heteroatoms. The molecule has 0 radical (unpaired) electrons. The minimum absolute atomic E-state index is 0.131. The molecule has 1 aliphatic rings. The van der Waals surface area contributed by atoms with Crippen LogP contribution in [0, 0.1) is 0 Å². The number of anilines is 1. The molecule has 3 amide bonds. The Labute approximate surface area is 140 Å². The summed E-state index contributed by atoms with van der Waals surface area (Å²) in [6, 6.07) is 3.90. The molecule has 1 aromatic rings. The van der Waals surface area contributed by atoms with Crippen LogP contribution in [0.15, 0.2) is 33.9 Å². The molecule has 1 saturated heterocycles. The first kappa shape index (κ1) is 16.1. The average Bonchev–Trinajstić information content (AvgIpc) is 2.66. The third-order valence-electron chi connectivity index (χ3n) is 2.65. The molecule has 21 heavy (non-hydrogen) atoms. The first-order chi connectivity index (χ1) is 9.86. The highest BCUT2D eigenvalue weighted by atomic mass is 35.5. The van der Waals surface area contributed by atoms with Crippen molar-refractivity contribution in [2.75, 3.05) is 11.9 Å². The maximum Gasteiger partial charge on any atom is 0.337 e. The first-order valence-electron chi connectivity index (χ1n) is 5.48. The van der Waals surface area contributed by atoms with Crippen LogP contribution in [0.25, 0.3) is 0 Å². The van der Waals surface area contributed by atoms with Crippen LogP contribution in [0.3, 0.4) is 0 Å². The molecule has 1 aliphatic heterocycles. The van der Waals surface area contributed by atoms with E-state index in [4.69, 9.17) is 46.4 Å². The summed E-state index contributed by atoms with van der Waals surface area (Å²) in [7, 11) is 1.33. The Morgan fingerprint density at radius 3 is 2.48 bits per heavy atom. The third-order valence-corrected chi connectivity index (χ3v) is 3.90. The van der Waals surface area contributed by atoms with Crippen LogP contribution in [0.2, 0.25) is 10.0 Å². The number of likely N-dealkylation sites (N-methyl/N-ethyl adjacent to an activating group) is 1. The standard InChI is InChI=1S/C12H7Cl4N3O2/c1-18-11(20)10(17-9(16)5-13)19(12(18)21)6-2-3-7(14)8(15)4-6/h2-5H,1H3/b9-5+,17-10-. The van der Waals surface area contributed by atoms with Crippen molar-refractivity contribution in [3.8, 4) is 0 Å². The zero-order valence-electron chi connectivity index (χ0n) is 10.5. The van der Waals surface area contributed by atoms with Crippen LogP contribution < -0.4 is 4.90 Å². The van der Waals surface area contributed by atoms with Crippen LogP contribution >= 0.6 is 46.4 Å². The number of carbonyl (C=O) groups is 2. The van der Waals surface area contributed by atoms with Crippen LogP contribution in [-0.2, 0) is 4.79 Å². The molecule has 0 atom stereocenters. The van der Waals surface area contributed by atoms with Gasteiger partial charge in [-0.15, -0.1) is 0 Å². The molecular weight excluding hydrogens is 360 g/mol. The number of urea groups is 1. The number of amides is 3. The highest BCUT2D eigenvalue weighted by molar-refractivity contribution is 6.55. The Kier molecular flexibility index (Phi) is 4.78. The monoisotopic (exact) mass is 365 g/mol. The highest BCUT2D eigenvalue weighted by Gasteiger charge is 2.41. The van der Waals surface area contributed by atoms with Gasteiger partial charge in [0.15, 0.2) is 0 Å². The molecule has 0 aromatic heterocycles. The number of hydrogen-bond acceptors (Lipinski definition) is 3. The van der Waals surface area contributed by atoms with Crippen molar-refractivity contribution in [1.82, 2.24) is 4.90 Å². The van der Waals surface area contributed by atoms with Crippen LogP contribution in [0.4, 0.5) is 10.5 Å². The Bertz CT molecular complexity index is 687. The van der Waals surface area contributed by atoms with E-state index >= 15 is 0 Å². The second kappa shape index (κ2) is 6.23. The predicted molar refractivity (Wildman–Crippen MR) is 84.3 cm³/mol. The van der Waals surface area contributed by atoms with Crippen LogP contribution in [0.5, 0.6) is 0 Å². The van der Waals surface area contributed by atoms with Gasteiger partial charge in [-0.25, -0.2) is 14.7 Å². The second-order valence-corrected chi connectivity index (χ2v) is 5.37. The summed E-state index contributed by atoms with van der Waals surface area (Å²) in [6.07, 6.45) is 0. The summed E-state index contributed by atoms with van der Waals surface area (Å²) in [6.45, 7) is 0. The van der Waals surface area contributed by atoms with Gasteiger partial charge in [-0.05, 0) is 18.2 Å². The number of rotatable bonds is 2. The van der Waals surface area contributed by atoms with Gasteiger partial charge in [0.1, 0.15) is 5.16 Å². The second-order valence-electron chi connectivity index (χ2n) is 3.95. The normalized spacial score (nSPS) is 18.1. The van der Waals surface area contributed by atoms with E-state index in [1.807, 2.05) is 0 Å². The number of imide groups is 1. The Morgan fingerprint density at radius 1 is 1.24 bits per heavy atom. The Balaban J connectivity index is 2.57. The maximum absolute atomic E-state index is 12.2. The van der Waals surface area contributed by atoms with Gasteiger partial charge in [0.2, 0.25) is 5.84 Å².